The second kappa shape index (κ2) is 8.96. The molecule has 2 N–H and O–H groups in total. The van der Waals surface area contributed by atoms with Crippen LogP contribution in [0.3, 0.4) is 0 Å². The van der Waals surface area contributed by atoms with E-state index in [2.05, 4.69) is 10.6 Å². The molecule has 0 saturated heterocycles. The van der Waals surface area contributed by atoms with Crippen molar-refractivity contribution in [1.82, 2.24) is 10.6 Å². The van der Waals surface area contributed by atoms with Crippen LogP contribution in [0, 0.1) is 5.92 Å². The first kappa shape index (κ1) is 18.6. The molecule has 0 aliphatic heterocycles. The zero-order valence-corrected chi connectivity index (χ0v) is 14.1. The first-order valence-electron chi connectivity index (χ1n) is 8.23. The van der Waals surface area contributed by atoms with E-state index in [0.29, 0.717) is 24.8 Å². The highest BCUT2D eigenvalue weighted by molar-refractivity contribution is 5.97. The van der Waals surface area contributed by atoms with Crippen molar-refractivity contribution >= 4 is 23.6 Å². The fourth-order valence-electron chi connectivity index (χ4n) is 2.92. The summed E-state index contributed by atoms with van der Waals surface area (Å²) in [6.07, 6.45) is 2.11. The first-order valence-corrected chi connectivity index (χ1v) is 8.23. The van der Waals surface area contributed by atoms with Crippen LogP contribution in [0.4, 0.5) is 0 Å². The maximum atomic E-state index is 12.1. The van der Waals surface area contributed by atoms with Crippen LogP contribution >= 0.6 is 0 Å². The predicted molar refractivity (Wildman–Crippen MR) is 89.7 cm³/mol. The number of Topliss-reactive ketones (excluding diaryl/α,β-unsaturated/α-hetero) is 1. The van der Waals surface area contributed by atoms with E-state index < -0.39 is 17.9 Å². The molecule has 1 aromatic carbocycles. The normalized spacial score (nSPS) is 18.1. The molecule has 1 saturated carbocycles. The van der Waals surface area contributed by atoms with Crippen molar-refractivity contribution in [1.29, 1.82) is 0 Å². The lowest BCUT2D eigenvalue weighted by atomic mass is 9.83. The lowest BCUT2D eigenvalue weighted by Gasteiger charge is -2.28. The lowest BCUT2D eigenvalue weighted by Crippen LogP contribution is -2.50. The first-order chi connectivity index (χ1) is 12.0. The Morgan fingerprint density at radius 1 is 1.24 bits per heavy atom. The van der Waals surface area contributed by atoms with Gasteiger partial charge in [-0.25, -0.2) is 4.79 Å². The zero-order valence-electron chi connectivity index (χ0n) is 14.1. The number of carbonyl (C=O) groups is 4. The number of benzene rings is 1. The Balaban J connectivity index is 1.91. The predicted octanol–water partition coefficient (Wildman–Crippen LogP) is 0.834. The fraction of sp³-hybridized carbons (Fsp3) is 0.444. The average Bonchev–Trinajstić information content (AvgIpc) is 2.64. The molecular weight excluding hydrogens is 324 g/mol. The second-order valence-electron chi connectivity index (χ2n) is 6.01. The van der Waals surface area contributed by atoms with Crippen LogP contribution in [0.25, 0.3) is 0 Å². The van der Waals surface area contributed by atoms with Gasteiger partial charge in [-0.3, -0.25) is 14.4 Å². The van der Waals surface area contributed by atoms with E-state index in [-0.39, 0.29) is 30.6 Å². The third-order valence-corrected chi connectivity index (χ3v) is 4.21. The molecule has 2 amide bonds. The van der Waals surface area contributed by atoms with E-state index in [1.54, 1.807) is 30.3 Å². The molecule has 0 bridgehead atoms. The van der Waals surface area contributed by atoms with Crippen LogP contribution in [0.1, 0.15) is 36.0 Å². The minimum atomic E-state index is -0.879. The minimum Gasteiger partial charge on any atom is -0.467 e. The van der Waals surface area contributed by atoms with E-state index in [4.69, 9.17) is 4.74 Å². The summed E-state index contributed by atoms with van der Waals surface area (Å²) in [5.41, 5.74) is 0.442. The molecule has 0 unspecified atom stereocenters. The van der Waals surface area contributed by atoms with Gasteiger partial charge in [0.15, 0.2) is 0 Å². The molecule has 0 spiro atoms. The summed E-state index contributed by atoms with van der Waals surface area (Å²) < 4.78 is 4.74. The smallest absolute Gasteiger partial charge is 0.328 e. The largest absolute Gasteiger partial charge is 0.467 e. The summed E-state index contributed by atoms with van der Waals surface area (Å²) in [6.45, 7) is -0.262. The Bertz CT molecular complexity index is 644. The van der Waals surface area contributed by atoms with Crippen molar-refractivity contribution in [3.05, 3.63) is 35.9 Å². The molecule has 7 nitrogen and oxygen atoms in total. The number of rotatable bonds is 6. The van der Waals surface area contributed by atoms with Crippen LogP contribution in [0.15, 0.2) is 30.3 Å². The molecule has 25 heavy (non-hydrogen) atoms. The Morgan fingerprint density at radius 2 is 1.96 bits per heavy atom. The SMILES string of the molecule is COC(=O)[C@H](NC(=O)CNC(=O)c1ccccc1)[C@H]1CCCC(=O)C1. The van der Waals surface area contributed by atoms with Gasteiger partial charge in [0.05, 0.1) is 13.7 Å². The molecule has 1 fully saturated rings. The molecule has 0 heterocycles. The number of ketones is 1. The number of amides is 2. The van der Waals surface area contributed by atoms with Crippen molar-refractivity contribution in [2.45, 2.75) is 31.7 Å². The van der Waals surface area contributed by atoms with Crippen LogP contribution < -0.4 is 10.6 Å². The third-order valence-electron chi connectivity index (χ3n) is 4.21. The van der Waals surface area contributed by atoms with Gasteiger partial charge in [-0.1, -0.05) is 18.2 Å². The molecule has 2 atom stereocenters. The third kappa shape index (κ3) is 5.41. The van der Waals surface area contributed by atoms with E-state index in [1.807, 2.05) is 0 Å². The lowest BCUT2D eigenvalue weighted by molar-refractivity contribution is -0.147. The molecule has 2 rings (SSSR count). The van der Waals surface area contributed by atoms with Gasteiger partial charge < -0.3 is 15.4 Å². The quantitative estimate of drug-likeness (QED) is 0.743. The van der Waals surface area contributed by atoms with Crippen molar-refractivity contribution < 1.29 is 23.9 Å². The number of carbonyl (C=O) groups excluding carboxylic acids is 4. The molecule has 134 valence electrons. The summed E-state index contributed by atoms with van der Waals surface area (Å²) in [4.78, 5) is 47.7. The molecule has 1 aliphatic carbocycles. The van der Waals surface area contributed by atoms with Crippen LogP contribution in [-0.4, -0.2) is 43.3 Å². The summed E-state index contributed by atoms with van der Waals surface area (Å²) in [5, 5.41) is 5.09. The van der Waals surface area contributed by atoms with Gasteiger partial charge in [0, 0.05) is 18.4 Å². The maximum Gasteiger partial charge on any atom is 0.328 e. The van der Waals surface area contributed by atoms with E-state index in [9.17, 15) is 19.2 Å². The van der Waals surface area contributed by atoms with Crippen LogP contribution in [-0.2, 0) is 19.1 Å². The fourth-order valence-corrected chi connectivity index (χ4v) is 2.92. The van der Waals surface area contributed by atoms with Crippen LogP contribution in [0.5, 0.6) is 0 Å². The van der Waals surface area contributed by atoms with Crippen molar-refractivity contribution in [3.8, 4) is 0 Å². The summed E-state index contributed by atoms with van der Waals surface area (Å²) in [7, 11) is 1.24. The van der Waals surface area contributed by atoms with E-state index in [0.717, 1.165) is 0 Å². The number of hydrogen-bond donors (Lipinski definition) is 2. The van der Waals surface area contributed by atoms with E-state index >= 15 is 0 Å². The number of ether oxygens (including phenoxy) is 1. The minimum absolute atomic E-state index is 0.0804. The Kier molecular flexibility index (Phi) is 6.68. The number of nitrogens with one attached hydrogen (secondary N) is 2. The highest BCUT2D eigenvalue weighted by atomic mass is 16.5. The second-order valence-corrected chi connectivity index (χ2v) is 6.01. The topological polar surface area (TPSA) is 102 Å². The Hall–Kier alpha value is -2.70. The highest BCUT2D eigenvalue weighted by Crippen LogP contribution is 2.25. The van der Waals surface area contributed by atoms with Crippen molar-refractivity contribution in [3.63, 3.8) is 0 Å². The summed E-state index contributed by atoms with van der Waals surface area (Å²) in [5.74, 6) is -1.65. The number of hydrogen-bond acceptors (Lipinski definition) is 5. The number of esters is 1. The van der Waals surface area contributed by atoms with Gasteiger partial charge >= 0.3 is 5.97 Å². The Labute approximate surface area is 146 Å². The highest BCUT2D eigenvalue weighted by Gasteiger charge is 2.34. The van der Waals surface area contributed by atoms with Gasteiger partial charge in [0.25, 0.3) is 5.91 Å². The van der Waals surface area contributed by atoms with Gasteiger partial charge in [0.1, 0.15) is 11.8 Å². The molecule has 0 radical (unpaired) electrons. The standard InChI is InChI=1S/C18H22N2O5/c1-25-18(24)16(13-8-5-9-14(21)10-13)20-15(22)11-19-17(23)12-6-3-2-4-7-12/h2-4,6-7,13,16H,5,8-11H2,1H3,(H,19,23)(H,20,22)/t13-,16+/m0/s1. The van der Waals surface area contributed by atoms with Crippen LogP contribution in [0.2, 0.25) is 0 Å². The molecule has 0 aromatic heterocycles. The monoisotopic (exact) mass is 346 g/mol. The molecular formula is C18H22N2O5. The summed E-state index contributed by atoms with van der Waals surface area (Å²) >= 11 is 0. The zero-order chi connectivity index (χ0) is 18.2. The molecule has 7 heteroatoms. The van der Waals surface area contributed by atoms with Crippen molar-refractivity contribution in [2.75, 3.05) is 13.7 Å². The van der Waals surface area contributed by atoms with Gasteiger partial charge in [-0.05, 0) is 30.9 Å². The van der Waals surface area contributed by atoms with Gasteiger partial charge in [-0.15, -0.1) is 0 Å². The van der Waals surface area contributed by atoms with Crippen molar-refractivity contribution in [2.24, 2.45) is 5.92 Å². The molecule has 1 aliphatic rings. The Morgan fingerprint density at radius 3 is 2.60 bits per heavy atom. The average molecular weight is 346 g/mol. The van der Waals surface area contributed by atoms with Gasteiger partial charge in [-0.2, -0.15) is 0 Å². The van der Waals surface area contributed by atoms with Gasteiger partial charge in [0.2, 0.25) is 5.91 Å². The summed E-state index contributed by atoms with van der Waals surface area (Å²) in [6, 6.07) is 7.63. The molecule has 1 aromatic rings. The maximum absolute atomic E-state index is 12.1. The number of methoxy groups -OCH3 is 1. The van der Waals surface area contributed by atoms with E-state index in [1.165, 1.54) is 7.11 Å².